The summed E-state index contributed by atoms with van der Waals surface area (Å²) < 4.78 is 44.5. The fourth-order valence-corrected chi connectivity index (χ4v) is 4.03. The number of ether oxygens (including phenoxy) is 3. The van der Waals surface area contributed by atoms with E-state index in [0.717, 1.165) is 0 Å². The third-order valence-electron chi connectivity index (χ3n) is 4.31. The second-order valence-corrected chi connectivity index (χ2v) is 11.6. The summed E-state index contributed by atoms with van der Waals surface area (Å²) in [6.45, 7) is 11.9. The summed E-state index contributed by atoms with van der Waals surface area (Å²) in [6, 6.07) is 13.3. The molecule has 192 valence electrons. The van der Waals surface area contributed by atoms with Crippen LogP contribution in [-0.4, -0.2) is 43.8 Å². The highest BCUT2D eigenvalue weighted by molar-refractivity contribution is 7.90. The zero-order chi connectivity index (χ0) is 26.4. The number of hydrogen-bond donors (Lipinski definition) is 2. The highest BCUT2D eigenvalue weighted by Gasteiger charge is 2.34. The van der Waals surface area contributed by atoms with Crippen LogP contribution in [0.4, 0.5) is 4.79 Å². The van der Waals surface area contributed by atoms with Crippen molar-refractivity contribution >= 4 is 22.0 Å². The molecule has 35 heavy (non-hydrogen) atoms. The number of carbonyl (C=O) groups excluding carboxylic acids is 2. The highest BCUT2D eigenvalue weighted by atomic mass is 32.2. The first-order valence-electron chi connectivity index (χ1n) is 11.1. The maximum atomic E-state index is 13.0. The second-order valence-electron chi connectivity index (χ2n) is 9.92. The van der Waals surface area contributed by atoms with Gasteiger partial charge in [-0.3, -0.25) is 4.79 Å². The summed E-state index contributed by atoms with van der Waals surface area (Å²) in [5, 5.41) is 2.42. The van der Waals surface area contributed by atoms with Crippen LogP contribution in [0, 0.1) is 0 Å². The average molecular weight is 507 g/mol. The Kier molecular flexibility index (Phi) is 8.91. The van der Waals surface area contributed by atoms with Crippen molar-refractivity contribution in [3.8, 4) is 11.5 Å². The number of sulfonamides is 1. The lowest BCUT2D eigenvalue weighted by atomic mass is 10.1. The minimum atomic E-state index is -4.25. The van der Waals surface area contributed by atoms with Crippen LogP contribution in [0.3, 0.4) is 0 Å². The maximum Gasteiger partial charge on any atom is 0.408 e. The molecule has 2 aromatic rings. The fourth-order valence-electron chi connectivity index (χ4n) is 3.02. The van der Waals surface area contributed by atoms with Crippen LogP contribution in [-0.2, 0) is 24.3 Å². The summed E-state index contributed by atoms with van der Waals surface area (Å²) in [4.78, 5) is 25.2. The molecule has 0 bridgehead atoms. The molecule has 0 saturated heterocycles. The van der Waals surface area contributed by atoms with Gasteiger partial charge in [-0.2, -0.15) is 0 Å². The Morgan fingerprint density at radius 3 is 1.89 bits per heavy atom. The molecular formula is C25H34N2O7S. The largest absolute Gasteiger partial charge is 0.457 e. The van der Waals surface area contributed by atoms with Gasteiger partial charge in [0.1, 0.15) is 23.1 Å². The predicted octanol–water partition coefficient (Wildman–Crippen LogP) is 4.38. The maximum absolute atomic E-state index is 13.0. The van der Waals surface area contributed by atoms with Crippen molar-refractivity contribution in [1.29, 1.82) is 0 Å². The van der Waals surface area contributed by atoms with Gasteiger partial charge in [-0.25, -0.2) is 17.9 Å². The molecular weight excluding hydrogens is 472 g/mol. The molecule has 0 heterocycles. The Morgan fingerprint density at radius 2 is 1.37 bits per heavy atom. The SMILES string of the molecule is C[C@@H](OC(C)(C)C)[C@H](NC(=O)OC(C)(C)C)C(=O)NS(=O)(=O)c1ccc(Oc2ccccc2)cc1. The normalized spacial score (nSPS) is 13.9. The van der Waals surface area contributed by atoms with Gasteiger partial charge in [0.15, 0.2) is 0 Å². The first-order valence-corrected chi connectivity index (χ1v) is 12.6. The number of alkyl carbamates (subject to hydrolysis) is 1. The molecule has 2 atom stereocenters. The Bertz CT molecular complexity index is 1100. The van der Waals surface area contributed by atoms with Crippen molar-refractivity contribution in [2.45, 2.75) is 76.7 Å². The van der Waals surface area contributed by atoms with Gasteiger partial charge >= 0.3 is 6.09 Å². The first kappa shape index (κ1) is 28.1. The van der Waals surface area contributed by atoms with E-state index < -0.39 is 45.4 Å². The van der Waals surface area contributed by atoms with Gasteiger partial charge < -0.3 is 19.5 Å². The molecule has 2 aromatic carbocycles. The lowest BCUT2D eigenvalue weighted by Gasteiger charge is -2.31. The molecule has 2 N–H and O–H groups in total. The highest BCUT2D eigenvalue weighted by Crippen LogP contribution is 2.23. The van der Waals surface area contributed by atoms with Crippen molar-refractivity contribution < 1.29 is 32.2 Å². The van der Waals surface area contributed by atoms with E-state index in [1.807, 2.05) is 22.9 Å². The van der Waals surface area contributed by atoms with Crippen LogP contribution in [0.2, 0.25) is 0 Å². The Morgan fingerprint density at radius 1 is 0.829 bits per heavy atom. The van der Waals surface area contributed by atoms with Gasteiger partial charge in [0, 0.05) is 0 Å². The van der Waals surface area contributed by atoms with Gasteiger partial charge in [0.25, 0.3) is 15.9 Å². The van der Waals surface area contributed by atoms with E-state index in [-0.39, 0.29) is 4.90 Å². The number of hydrogen-bond acceptors (Lipinski definition) is 7. The number of nitrogens with one attached hydrogen (secondary N) is 2. The molecule has 10 heteroatoms. The summed E-state index contributed by atoms with van der Waals surface area (Å²) in [6.07, 6.45) is -1.74. The van der Waals surface area contributed by atoms with Crippen LogP contribution in [0.15, 0.2) is 59.5 Å². The molecule has 0 aliphatic rings. The van der Waals surface area contributed by atoms with Crippen molar-refractivity contribution in [2.75, 3.05) is 0 Å². The lowest BCUT2D eigenvalue weighted by molar-refractivity contribution is -0.129. The molecule has 2 rings (SSSR count). The molecule has 0 radical (unpaired) electrons. The Labute approximate surface area is 207 Å². The van der Waals surface area contributed by atoms with E-state index in [4.69, 9.17) is 14.2 Å². The number of carbonyl (C=O) groups is 2. The second kappa shape index (κ2) is 11.1. The van der Waals surface area contributed by atoms with Gasteiger partial charge in [-0.1, -0.05) is 18.2 Å². The lowest BCUT2D eigenvalue weighted by Crippen LogP contribution is -2.56. The predicted molar refractivity (Wildman–Crippen MR) is 132 cm³/mol. The molecule has 0 unspecified atom stereocenters. The molecule has 0 spiro atoms. The minimum Gasteiger partial charge on any atom is -0.457 e. The molecule has 9 nitrogen and oxygen atoms in total. The average Bonchev–Trinajstić information content (AvgIpc) is 2.70. The molecule has 2 amide bonds. The zero-order valence-corrected chi connectivity index (χ0v) is 21.9. The summed E-state index contributed by atoms with van der Waals surface area (Å²) in [7, 11) is -4.25. The zero-order valence-electron chi connectivity index (χ0n) is 21.1. The van der Waals surface area contributed by atoms with Crippen LogP contribution in [0.25, 0.3) is 0 Å². The number of benzene rings is 2. The molecule has 0 saturated carbocycles. The van der Waals surface area contributed by atoms with Crippen molar-refractivity contribution in [3.05, 3.63) is 54.6 Å². The van der Waals surface area contributed by atoms with E-state index >= 15 is 0 Å². The van der Waals surface area contributed by atoms with E-state index in [1.54, 1.807) is 60.6 Å². The van der Waals surface area contributed by atoms with Crippen molar-refractivity contribution in [3.63, 3.8) is 0 Å². The van der Waals surface area contributed by atoms with E-state index in [0.29, 0.717) is 11.5 Å². The molecule has 0 aromatic heterocycles. The van der Waals surface area contributed by atoms with Crippen LogP contribution in [0.5, 0.6) is 11.5 Å². The standard InChI is InChI=1S/C25H34N2O7S/c1-17(33-24(2,3)4)21(26-23(29)34-25(5,6)7)22(28)27-35(30,31)20-15-13-19(14-16-20)32-18-11-9-8-10-12-18/h8-17,21H,1-7H3,(H,26,29)(H,27,28)/t17-,21+/m1/s1. The minimum absolute atomic E-state index is 0.147. The van der Waals surface area contributed by atoms with Crippen LogP contribution < -0.4 is 14.8 Å². The monoisotopic (exact) mass is 506 g/mol. The van der Waals surface area contributed by atoms with Gasteiger partial charge in [-0.15, -0.1) is 0 Å². The van der Waals surface area contributed by atoms with E-state index in [9.17, 15) is 18.0 Å². The summed E-state index contributed by atoms with van der Waals surface area (Å²) in [5.74, 6) is 0.0654. The third-order valence-corrected chi connectivity index (χ3v) is 5.67. The van der Waals surface area contributed by atoms with Crippen LogP contribution in [0.1, 0.15) is 48.5 Å². The van der Waals surface area contributed by atoms with Gasteiger partial charge in [0.2, 0.25) is 0 Å². The van der Waals surface area contributed by atoms with Crippen molar-refractivity contribution in [1.82, 2.24) is 10.0 Å². The first-order chi connectivity index (χ1) is 16.1. The topological polar surface area (TPSA) is 120 Å². The number of amides is 2. The third kappa shape index (κ3) is 9.58. The quantitative estimate of drug-likeness (QED) is 0.545. The van der Waals surface area contributed by atoms with Gasteiger partial charge in [-0.05, 0) is 84.9 Å². The van der Waals surface area contributed by atoms with E-state index in [1.165, 1.54) is 24.3 Å². The summed E-state index contributed by atoms with van der Waals surface area (Å²) in [5.41, 5.74) is -1.46. The molecule has 0 fully saturated rings. The summed E-state index contributed by atoms with van der Waals surface area (Å²) >= 11 is 0. The van der Waals surface area contributed by atoms with E-state index in [2.05, 4.69) is 5.32 Å². The van der Waals surface area contributed by atoms with Crippen LogP contribution >= 0.6 is 0 Å². The Hall–Kier alpha value is -3.11. The molecule has 0 aliphatic carbocycles. The smallest absolute Gasteiger partial charge is 0.408 e. The molecule has 0 aliphatic heterocycles. The number of para-hydroxylation sites is 1. The Balaban J connectivity index is 2.18. The fraction of sp³-hybridized carbons (Fsp3) is 0.440. The van der Waals surface area contributed by atoms with Gasteiger partial charge in [0.05, 0.1) is 16.6 Å². The van der Waals surface area contributed by atoms with Crippen molar-refractivity contribution in [2.24, 2.45) is 0 Å². The number of rotatable bonds is 8.